The Morgan fingerprint density at radius 2 is 1.76 bits per heavy atom. The van der Waals surface area contributed by atoms with Crippen molar-refractivity contribution in [3.63, 3.8) is 0 Å². The van der Waals surface area contributed by atoms with Crippen LogP contribution in [0.5, 0.6) is 0 Å². The molecule has 1 atom stereocenters. The quantitative estimate of drug-likeness (QED) is 0.334. The monoisotopic (exact) mass is 323 g/mol. The average Bonchev–Trinajstić information content (AvgIpc) is 2.15. The van der Waals surface area contributed by atoms with E-state index in [2.05, 4.69) is 8.28 Å². The molecule has 0 aromatic rings. The van der Waals surface area contributed by atoms with Crippen LogP contribution in [0.25, 0.3) is 0 Å². The molecule has 1 rings (SSSR count). The van der Waals surface area contributed by atoms with E-state index in [-0.39, 0.29) is 0 Å². The largest absolute Gasteiger partial charge is 0.477 e. The first-order valence-corrected chi connectivity index (χ1v) is 10.2. The van der Waals surface area contributed by atoms with Gasteiger partial charge in [-0.1, -0.05) is 30.1 Å². The first-order valence-electron chi connectivity index (χ1n) is 4.94. The lowest BCUT2D eigenvalue weighted by molar-refractivity contribution is 0.261. The summed E-state index contributed by atoms with van der Waals surface area (Å²) in [5, 5.41) is 7.49. The predicted octanol–water partition coefficient (Wildman–Crippen LogP) is 3.26. The number of rotatable bonds is 6. The van der Waals surface area contributed by atoms with Crippen LogP contribution in [0.15, 0.2) is 0 Å². The molecule has 0 saturated heterocycles. The maximum absolute atomic E-state index is 10.4. The topological polar surface area (TPSA) is 120 Å². The molecular weight excluding hydrogens is 308 g/mol. The zero-order chi connectivity index (χ0) is 12.9. The molecule has 11 heteroatoms. The summed E-state index contributed by atoms with van der Waals surface area (Å²) in [6.45, 7) is 0. The van der Waals surface area contributed by atoms with Crippen LogP contribution >= 0.6 is 37.4 Å². The maximum Gasteiger partial charge on any atom is 0.477 e. The van der Waals surface area contributed by atoms with E-state index in [1.165, 1.54) is 17.2 Å². The Morgan fingerprint density at radius 3 is 2.29 bits per heavy atom. The molecule has 1 saturated carbocycles. The summed E-state index contributed by atoms with van der Waals surface area (Å²) in [6.07, 6.45) is 5.62. The minimum absolute atomic E-state index is 0.392. The third-order valence-corrected chi connectivity index (χ3v) is 7.29. The van der Waals surface area contributed by atoms with Gasteiger partial charge >= 0.3 is 15.6 Å². The number of hydrogen-bond acceptors (Lipinski definition) is 6. The van der Waals surface area contributed by atoms with E-state index < -0.39 is 15.6 Å². The highest BCUT2D eigenvalue weighted by atomic mass is 33.1. The molecule has 7 nitrogen and oxygen atoms in total. The van der Waals surface area contributed by atoms with Crippen LogP contribution in [0.1, 0.15) is 32.1 Å². The van der Waals surface area contributed by atoms with Crippen molar-refractivity contribution in [3.05, 3.63) is 0 Å². The average molecular weight is 323 g/mol. The van der Waals surface area contributed by atoms with Gasteiger partial charge in [-0.25, -0.2) is 18.0 Å². The molecule has 1 fully saturated rings. The SMILES string of the molecule is N=P(O)(OSSC1CCCCC1)OP(=O)(O)O. The first kappa shape index (κ1) is 16.0. The predicted molar refractivity (Wildman–Crippen MR) is 68.1 cm³/mol. The van der Waals surface area contributed by atoms with Gasteiger partial charge in [-0.05, 0) is 12.8 Å². The Bertz CT molecular complexity index is 330. The van der Waals surface area contributed by atoms with Gasteiger partial charge < -0.3 is 14.7 Å². The summed E-state index contributed by atoms with van der Waals surface area (Å²) in [4.78, 5) is 26.1. The fourth-order valence-corrected chi connectivity index (χ4v) is 6.02. The van der Waals surface area contributed by atoms with Gasteiger partial charge in [-0.3, -0.25) is 0 Å². The second-order valence-corrected chi connectivity index (χ2v) is 8.84. The van der Waals surface area contributed by atoms with E-state index in [1.54, 1.807) is 0 Å². The van der Waals surface area contributed by atoms with Crippen molar-refractivity contribution < 1.29 is 27.5 Å². The van der Waals surface area contributed by atoms with Crippen molar-refractivity contribution in [3.8, 4) is 0 Å². The van der Waals surface area contributed by atoms with E-state index in [9.17, 15) is 9.46 Å². The van der Waals surface area contributed by atoms with Gasteiger partial charge in [-0.15, -0.1) is 0 Å². The maximum atomic E-state index is 10.4. The van der Waals surface area contributed by atoms with Crippen molar-refractivity contribution in [1.29, 1.82) is 5.16 Å². The normalized spacial score (nSPS) is 22.3. The lowest BCUT2D eigenvalue weighted by Crippen LogP contribution is -2.06. The molecule has 1 aliphatic carbocycles. The highest BCUT2D eigenvalue weighted by molar-refractivity contribution is 8.75. The Kier molecular flexibility index (Phi) is 6.53. The zero-order valence-electron chi connectivity index (χ0n) is 8.89. The zero-order valence-corrected chi connectivity index (χ0v) is 12.3. The van der Waals surface area contributed by atoms with E-state index in [1.807, 2.05) is 0 Å². The highest BCUT2D eigenvalue weighted by Gasteiger charge is 2.29. The van der Waals surface area contributed by atoms with Crippen molar-refractivity contribution in [2.24, 2.45) is 0 Å². The Labute approximate surface area is 108 Å². The van der Waals surface area contributed by atoms with Crippen molar-refractivity contribution >= 4 is 37.4 Å². The van der Waals surface area contributed by atoms with E-state index in [0.29, 0.717) is 5.25 Å². The summed E-state index contributed by atoms with van der Waals surface area (Å²) in [6, 6.07) is 0. The van der Waals surface area contributed by atoms with Gasteiger partial charge in [0.25, 0.3) is 0 Å². The molecule has 0 aromatic carbocycles. The highest BCUT2D eigenvalue weighted by Crippen LogP contribution is 2.61. The molecular formula is C6H15NO6P2S2. The number of hydrogen-bond donors (Lipinski definition) is 4. The van der Waals surface area contributed by atoms with Gasteiger partial charge in [0.15, 0.2) is 0 Å². The smallest absolute Gasteiger partial charge is 0.318 e. The van der Waals surface area contributed by atoms with E-state index >= 15 is 0 Å². The Morgan fingerprint density at radius 1 is 1.18 bits per heavy atom. The summed E-state index contributed by atoms with van der Waals surface area (Å²) in [5.41, 5.74) is 0. The molecule has 0 heterocycles. The minimum Gasteiger partial charge on any atom is -0.318 e. The molecule has 1 aliphatic rings. The van der Waals surface area contributed by atoms with Crippen LogP contribution in [0.2, 0.25) is 0 Å². The van der Waals surface area contributed by atoms with Crippen LogP contribution in [0, 0.1) is 5.16 Å². The van der Waals surface area contributed by atoms with Crippen LogP contribution < -0.4 is 0 Å². The van der Waals surface area contributed by atoms with E-state index in [4.69, 9.17) is 14.9 Å². The summed E-state index contributed by atoms with van der Waals surface area (Å²) in [5.74, 6) is 0. The molecule has 17 heavy (non-hydrogen) atoms. The van der Waals surface area contributed by atoms with Crippen LogP contribution in [-0.4, -0.2) is 19.9 Å². The molecule has 1 unspecified atom stereocenters. The first-order chi connectivity index (χ1) is 7.79. The Balaban J connectivity index is 2.24. The summed E-state index contributed by atoms with van der Waals surface area (Å²) < 4.78 is 18.9. The molecule has 0 radical (unpaired) electrons. The van der Waals surface area contributed by atoms with Gasteiger partial charge in [0.1, 0.15) is 0 Å². The van der Waals surface area contributed by atoms with Crippen LogP contribution in [-0.2, 0) is 12.8 Å². The third kappa shape index (κ3) is 7.87. The standard InChI is InChI=1S/C6H15NO6P2S2/c7-14(8,12-15(9,10)11)13-17-16-6-4-2-1-3-5-6/h6H,1-5H2,(H2,7,8)(H2,9,10,11). The van der Waals surface area contributed by atoms with Gasteiger partial charge in [0.2, 0.25) is 0 Å². The van der Waals surface area contributed by atoms with Crippen molar-refractivity contribution in [1.82, 2.24) is 0 Å². The summed E-state index contributed by atoms with van der Waals surface area (Å²) in [7, 11) is -7.74. The van der Waals surface area contributed by atoms with Crippen LogP contribution in [0.4, 0.5) is 0 Å². The molecule has 0 aromatic heterocycles. The molecule has 102 valence electrons. The second-order valence-electron chi connectivity index (χ2n) is 3.59. The second kappa shape index (κ2) is 6.93. The Hall–Kier alpha value is 0.960. The van der Waals surface area contributed by atoms with E-state index in [0.717, 1.165) is 36.8 Å². The third-order valence-electron chi connectivity index (χ3n) is 2.08. The lowest BCUT2D eigenvalue weighted by atomic mass is 10.0. The van der Waals surface area contributed by atoms with Gasteiger partial charge in [0, 0.05) is 5.25 Å². The van der Waals surface area contributed by atoms with Crippen LogP contribution in [0.3, 0.4) is 0 Å². The number of nitrogens with one attached hydrogen (secondary N) is 1. The summed E-state index contributed by atoms with van der Waals surface area (Å²) >= 11 is 0.768. The van der Waals surface area contributed by atoms with Gasteiger partial charge in [-0.2, -0.15) is 0 Å². The molecule has 4 N–H and O–H groups in total. The van der Waals surface area contributed by atoms with Crippen molar-refractivity contribution in [2.75, 3.05) is 0 Å². The minimum atomic E-state index is -4.90. The molecule has 0 spiro atoms. The fourth-order valence-electron chi connectivity index (χ4n) is 1.43. The molecule has 0 aliphatic heterocycles. The van der Waals surface area contributed by atoms with Gasteiger partial charge in [0.05, 0.1) is 11.1 Å². The molecule has 0 amide bonds. The molecule has 0 bridgehead atoms. The van der Waals surface area contributed by atoms with Crippen molar-refractivity contribution in [2.45, 2.75) is 37.4 Å². The number of phosphoric acid groups is 1. The lowest BCUT2D eigenvalue weighted by Gasteiger charge is -2.20. The fraction of sp³-hybridized carbons (Fsp3) is 1.00.